The molecule has 1 saturated heterocycles. The van der Waals surface area contributed by atoms with Crippen molar-refractivity contribution in [1.29, 1.82) is 0 Å². The zero-order valence-corrected chi connectivity index (χ0v) is 15.9. The minimum Gasteiger partial charge on any atom is -0.459 e. The second-order valence-corrected chi connectivity index (χ2v) is 7.97. The normalized spacial score (nSPS) is 22.3. The van der Waals surface area contributed by atoms with E-state index in [2.05, 4.69) is 10.6 Å². The maximum Gasteiger partial charge on any atom is 0.408 e. The Labute approximate surface area is 154 Å². The minimum absolute atomic E-state index is 0.00924. The van der Waals surface area contributed by atoms with Crippen LogP contribution in [0.25, 0.3) is 0 Å². The van der Waals surface area contributed by atoms with Gasteiger partial charge in [0.05, 0.1) is 6.04 Å². The van der Waals surface area contributed by atoms with Gasteiger partial charge in [0.25, 0.3) is 0 Å². The maximum atomic E-state index is 12.1. The van der Waals surface area contributed by atoms with Crippen LogP contribution in [0.3, 0.4) is 0 Å². The molecule has 0 spiro atoms. The molecule has 0 bridgehead atoms. The highest BCUT2D eigenvalue weighted by Crippen LogP contribution is 2.21. The number of hydrogen-bond donors (Lipinski definition) is 2. The van der Waals surface area contributed by atoms with Crippen molar-refractivity contribution in [3.8, 4) is 0 Å². The molecular formula is C19H30N2O5. The first kappa shape index (κ1) is 20.3. The van der Waals surface area contributed by atoms with Crippen LogP contribution in [0.4, 0.5) is 4.79 Å². The van der Waals surface area contributed by atoms with Crippen molar-refractivity contribution in [3.63, 3.8) is 0 Å². The van der Waals surface area contributed by atoms with Crippen LogP contribution in [0, 0.1) is 5.92 Å². The lowest BCUT2D eigenvalue weighted by atomic mass is 9.98. The summed E-state index contributed by atoms with van der Waals surface area (Å²) in [6.45, 7) is 5.97. The first-order chi connectivity index (χ1) is 12.2. The van der Waals surface area contributed by atoms with Crippen LogP contribution in [0.15, 0.2) is 12.2 Å². The molecule has 0 aromatic heterocycles. The lowest BCUT2D eigenvalue weighted by Crippen LogP contribution is -2.40. The van der Waals surface area contributed by atoms with Gasteiger partial charge >= 0.3 is 12.1 Å². The van der Waals surface area contributed by atoms with E-state index in [9.17, 15) is 14.4 Å². The summed E-state index contributed by atoms with van der Waals surface area (Å²) < 4.78 is 10.7. The number of carbonyl (C=O) groups excluding carboxylic acids is 3. The van der Waals surface area contributed by atoms with Gasteiger partial charge in [-0.1, -0.05) is 6.08 Å². The SMILES string of the molecule is CC(C)(C)OC(=O)N[C@H](/C=C/C(=O)OC1CCCC1)C[C@@H]1CCNC1=O. The predicted octanol–water partition coefficient (Wildman–Crippen LogP) is 2.45. The molecular weight excluding hydrogens is 336 g/mol. The smallest absolute Gasteiger partial charge is 0.408 e. The van der Waals surface area contributed by atoms with E-state index in [1.165, 1.54) is 6.08 Å². The summed E-state index contributed by atoms with van der Waals surface area (Å²) in [5, 5.41) is 5.52. The molecule has 1 heterocycles. The summed E-state index contributed by atoms with van der Waals surface area (Å²) in [7, 11) is 0. The van der Waals surface area contributed by atoms with Crippen molar-refractivity contribution in [1.82, 2.24) is 10.6 Å². The first-order valence-corrected chi connectivity index (χ1v) is 9.39. The molecule has 2 aliphatic rings. The molecule has 7 nitrogen and oxygen atoms in total. The third-order valence-electron chi connectivity index (χ3n) is 4.45. The third kappa shape index (κ3) is 7.06. The first-order valence-electron chi connectivity index (χ1n) is 9.39. The van der Waals surface area contributed by atoms with Gasteiger partial charge in [0, 0.05) is 18.5 Å². The van der Waals surface area contributed by atoms with Crippen molar-refractivity contribution in [2.24, 2.45) is 5.92 Å². The average molecular weight is 366 g/mol. The van der Waals surface area contributed by atoms with E-state index in [0.29, 0.717) is 19.4 Å². The Bertz CT molecular complexity index is 547. The molecule has 2 fully saturated rings. The van der Waals surface area contributed by atoms with Crippen LogP contribution in [0.2, 0.25) is 0 Å². The fourth-order valence-corrected chi connectivity index (χ4v) is 3.23. The van der Waals surface area contributed by atoms with Gasteiger partial charge in [0.15, 0.2) is 0 Å². The monoisotopic (exact) mass is 366 g/mol. The molecule has 0 unspecified atom stereocenters. The number of alkyl carbamates (subject to hydrolysis) is 1. The molecule has 1 aliphatic carbocycles. The third-order valence-corrected chi connectivity index (χ3v) is 4.45. The summed E-state index contributed by atoms with van der Waals surface area (Å²) in [5.41, 5.74) is -0.621. The molecule has 1 aliphatic heterocycles. The van der Waals surface area contributed by atoms with E-state index in [1.807, 2.05) is 0 Å². The number of amides is 2. The average Bonchev–Trinajstić information content (AvgIpc) is 3.15. The molecule has 1 saturated carbocycles. The van der Waals surface area contributed by atoms with Crippen LogP contribution in [-0.4, -0.2) is 42.3 Å². The zero-order valence-electron chi connectivity index (χ0n) is 15.9. The zero-order chi connectivity index (χ0) is 19.2. The number of carbonyl (C=O) groups is 3. The Hall–Kier alpha value is -2.05. The highest BCUT2D eigenvalue weighted by atomic mass is 16.6. The topological polar surface area (TPSA) is 93.7 Å². The van der Waals surface area contributed by atoms with E-state index in [0.717, 1.165) is 25.7 Å². The van der Waals surface area contributed by atoms with Crippen LogP contribution >= 0.6 is 0 Å². The Kier molecular flexibility index (Phi) is 7.06. The van der Waals surface area contributed by atoms with E-state index < -0.39 is 23.7 Å². The minimum atomic E-state index is -0.621. The number of ether oxygens (including phenoxy) is 2. The van der Waals surface area contributed by atoms with Crippen molar-refractivity contribution in [3.05, 3.63) is 12.2 Å². The fourth-order valence-electron chi connectivity index (χ4n) is 3.23. The largest absolute Gasteiger partial charge is 0.459 e. The number of hydrogen-bond acceptors (Lipinski definition) is 5. The Morgan fingerprint density at radius 2 is 1.96 bits per heavy atom. The van der Waals surface area contributed by atoms with Gasteiger partial charge < -0.3 is 20.1 Å². The predicted molar refractivity (Wildman–Crippen MR) is 96.4 cm³/mol. The van der Waals surface area contributed by atoms with Gasteiger partial charge in [-0.15, -0.1) is 0 Å². The Morgan fingerprint density at radius 1 is 1.27 bits per heavy atom. The molecule has 7 heteroatoms. The number of rotatable bonds is 6. The maximum absolute atomic E-state index is 12.1. The van der Waals surface area contributed by atoms with Crippen molar-refractivity contribution in [2.45, 2.75) is 77.0 Å². The lowest BCUT2D eigenvalue weighted by molar-refractivity contribution is -0.142. The molecule has 2 N–H and O–H groups in total. The molecule has 0 radical (unpaired) electrons. The Balaban J connectivity index is 1.94. The van der Waals surface area contributed by atoms with Gasteiger partial charge in [-0.3, -0.25) is 4.79 Å². The van der Waals surface area contributed by atoms with Crippen LogP contribution in [-0.2, 0) is 19.1 Å². The van der Waals surface area contributed by atoms with Crippen molar-refractivity contribution in [2.75, 3.05) is 6.54 Å². The number of nitrogens with one attached hydrogen (secondary N) is 2. The van der Waals surface area contributed by atoms with Crippen molar-refractivity contribution >= 4 is 18.0 Å². The standard InChI is InChI=1S/C19H30N2O5/c1-19(2,3)26-18(24)21-14(12-13-10-11-20-17(13)23)8-9-16(22)25-15-6-4-5-7-15/h8-9,13-15H,4-7,10-12H2,1-3H3,(H,20,23)(H,21,24)/b9-8+/t13-,14+/m0/s1. The van der Waals surface area contributed by atoms with Gasteiger partial charge in [-0.2, -0.15) is 0 Å². The summed E-state index contributed by atoms with van der Waals surface area (Å²) in [4.78, 5) is 35.9. The number of esters is 1. The van der Waals surface area contributed by atoms with Gasteiger partial charge in [-0.25, -0.2) is 9.59 Å². The summed E-state index contributed by atoms with van der Waals surface area (Å²) in [6, 6.07) is -0.477. The molecule has 0 aromatic rings. The lowest BCUT2D eigenvalue weighted by Gasteiger charge is -2.23. The molecule has 146 valence electrons. The van der Waals surface area contributed by atoms with E-state index in [-0.39, 0.29) is 17.9 Å². The van der Waals surface area contributed by atoms with Gasteiger partial charge in [0.1, 0.15) is 11.7 Å². The highest BCUT2D eigenvalue weighted by Gasteiger charge is 2.28. The molecule has 2 amide bonds. The van der Waals surface area contributed by atoms with Crippen LogP contribution in [0.5, 0.6) is 0 Å². The summed E-state index contributed by atoms with van der Waals surface area (Å²) >= 11 is 0. The van der Waals surface area contributed by atoms with Gasteiger partial charge in [-0.05, 0) is 59.3 Å². The second kappa shape index (κ2) is 9.05. The molecule has 26 heavy (non-hydrogen) atoms. The second-order valence-electron chi connectivity index (χ2n) is 7.97. The van der Waals surface area contributed by atoms with Crippen LogP contribution in [0.1, 0.15) is 59.3 Å². The van der Waals surface area contributed by atoms with Gasteiger partial charge in [0.2, 0.25) is 5.91 Å². The molecule has 0 aromatic carbocycles. The molecule has 2 atom stereocenters. The summed E-state index contributed by atoms with van der Waals surface area (Å²) in [5.74, 6) is -0.628. The Morgan fingerprint density at radius 3 is 2.54 bits per heavy atom. The van der Waals surface area contributed by atoms with Crippen molar-refractivity contribution < 1.29 is 23.9 Å². The molecule has 2 rings (SSSR count). The quantitative estimate of drug-likeness (QED) is 0.556. The van der Waals surface area contributed by atoms with Crippen LogP contribution < -0.4 is 10.6 Å². The van der Waals surface area contributed by atoms with E-state index >= 15 is 0 Å². The van der Waals surface area contributed by atoms with E-state index in [1.54, 1.807) is 26.8 Å². The highest BCUT2D eigenvalue weighted by molar-refractivity contribution is 5.83. The fraction of sp³-hybridized carbons (Fsp3) is 0.737. The summed E-state index contributed by atoms with van der Waals surface area (Å²) in [6.07, 6.45) is 7.45. The van der Waals surface area contributed by atoms with E-state index in [4.69, 9.17) is 9.47 Å².